The van der Waals surface area contributed by atoms with Crippen LogP contribution in [0.1, 0.15) is 16.2 Å². The number of Topliss-reactive ketones (excluding diaryl/α,β-unsaturated/α-hetero) is 1. The molecule has 3 aromatic rings. The molecule has 0 atom stereocenters. The van der Waals surface area contributed by atoms with E-state index in [1.165, 1.54) is 4.70 Å². The van der Waals surface area contributed by atoms with Crippen LogP contribution in [-0.4, -0.2) is 15.8 Å². The lowest BCUT2D eigenvalue weighted by atomic mass is 10.1. The fraction of sp³-hybridized carbons (Fsp3) is 0.0769. The van der Waals surface area contributed by atoms with Gasteiger partial charge in [0.25, 0.3) is 0 Å². The van der Waals surface area contributed by atoms with Crippen molar-refractivity contribution in [2.45, 2.75) is 6.42 Å². The first kappa shape index (κ1) is 10.2. The molecule has 0 saturated carbocycles. The number of ketones is 1. The first-order chi connectivity index (χ1) is 8.34. The van der Waals surface area contributed by atoms with Gasteiger partial charge in [0.1, 0.15) is 0 Å². The van der Waals surface area contributed by atoms with E-state index in [0.29, 0.717) is 12.2 Å². The highest BCUT2D eigenvalue weighted by Gasteiger charge is 2.12. The Morgan fingerprint density at radius 2 is 2.24 bits per heavy atom. The number of nitrogens with one attached hydrogen (secondary N) is 1. The highest BCUT2D eigenvalue weighted by atomic mass is 32.1. The number of benzene rings is 1. The molecule has 4 heteroatoms. The van der Waals surface area contributed by atoms with Gasteiger partial charge in [-0.15, -0.1) is 11.3 Å². The Bertz CT molecular complexity index is 655. The number of aromatic amines is 1. The highest BCUT2D eigenvalue weighted by Crippen LogP contribution is 2.26. The van der Waals surface area contributed by atoms with E-state index in [1.807, 2.05) is 17.5 Å². The summed E-state index contributed by atoms with van der Waals surface area (Å²) in [5.74, 6) is 0.457. The maximum Gasteiger partial charge on any atom is 0.202 e. The number of aromatic nitrogens is 2. The molecule has 0 saturated heterocycles. The van der Waals surface area contributed by atoms with E-state index in [1.54, 1.807) is 23.7 Å². The zero-order valence-corrected chi connectivity index (χ0v) is 9.83. The third-order valence-corrected chi connectivity index (χ3v) is 3.69. The summed E-state index contributed by atoms with van der Waals surface area (Å²) >= 11 is 1.67. The average Bonchev–Trinajstić information content (AvgIpc) is 2.98. The molecule has 0 bridgehead atoms. The topological polar surface area (TPSA) is 45.8 Å². The Hall–Kier alpha value is -1.94. The Labute approximate surface area is 102 Å². The van der Waals surface area contributed by atoms with E-state index in [2.05, 4.69) is 22.1 Å². The minimum absolute atomic E-state index is 0.0264. The Balaban J connectivity index is 1.93. The lowest BCUT2D eigenvalue weighted by molar-refractivity contribution is 0.0984. The number of nitrogens with zero attached hydrogens (tertiary/aromatic N) is 1. The molecule has 0 aliphatic rings. The van der Waals surface area contributed by atoms with Crippen LogP contribution in [0.3, 0.4) is 0 Å². The molecule has 3 rings (SSSR count). The van der Waals surface area contributed by atoms with Gasteiger partial charge in [-0.2, -0.15) is 0 Å². The smallest absolute Gasteiger partial charge is 0.202 e. The minimum atomic E-state index is 0.0264. The Morgan fingerprint density at radius 3 is 3.06 bits per heavy atom. The van der Waals surface area contributed by atoms with Gasteiger partial charge in [0.2, 0.25) is 5.78 Å². The number of thiophene rings is 1. The van der Waals surface area contributed by atoms with Crippen molar-refractivity contribution in [3.63, 3.8) is 0 Å². The standard InChI is InChI=1S/C13H10N2OS/c16-11(13-14-5-6-15-13)7-9-8-17-12-4-2-1-3-10(9)12/h1-6,8H,7H2,(H,14,15). The van der Waals surface area contributed by atoms with E-state index in [-0.39, 0.29) is 5.78 Å². The summed E-state index contributed by atoms with van der Waals surface area (Å²) in [7, 11) is 0. The average molecular weight is 242 g/mol. The lowest BCUT2D eigenvalue weighted by Crippen LogP contribution is -2.04. The summed E-state index contributed by atoms with van der Waals surface area (Å²) in [6, 6.07) is 8.13. The third-order valence-electron chi connectivity index (χ3n) is 2.67. The molecule has 0 aliphatic carbocycles. The molecule has 0 unspecified atom stereocenters. The second-order valence-corrected chi connectivity index (χ2v) is 4.71. The van der Waals surface area contributed by atoms with Crippen molar-refractivity contribution in [2.24, 2.45) is 0 Å². The number of carbonyl (C=O) groups is 1. The van der Waals surface area contributed by atoms with Crippen molar-refractivity contribution < 1.29 is 4.79 Å². The van der Waals surface area contributed by atoms with Crippen LogP contribution in [0.15, 0.2) is 42.0 Å². The van der Waals surface area contributed by atoms with Gasteiger partial charge in [0.15, 0.2) is 5.82 Å². The molecule has 1 N–H and O–H groups in total. The number of H-pyrrole nitrogens is 1. The zero-order valence-electron chi connectivity index (χ0n) is 9.01. The van der Waals surface area contributed by atoms with Crippen molar-refractivity contribution in [3.8, 4) is 0 Å². The number of imidazole rings is 1. The first-order valence-electron chi connectivity index (χ1n) is 5.32. The molecule has 1 aromatic carbocycles. The Morgan fingerprint density at radius 1 is 1.35 bits per heavy atom. The van der Waals surface area contributed by atoms with Gasteiger partial charge >= 0.3 is 0 Å². The molecule has 2 aromatic heterocycles. The van der Waals surface area contributed by atoms with Crippen LogP contribution in [0, 0.1) is 0 Å². The van der Waals surface area contributed by atoms with Crippen LogP contribution in [0.25, 0.3) is 10.1 Å². The normalized spacial score (nSPS) is 10.8. The summed E-state index contributed by atoms with van der Waals surface area (Å²) in [5, 5.41) is 3.21. The van der Waals surface area contributed by atoms with E-state index < -0.39 is 0 Å². The summed E-state index contributed by atoms with van der Waals surface area (Å²) in [4.78, 5) is 18.7. The largest absolute Gasteiger partial charge is 0.342 e. The van der Waals surface area contributed by atoms with Crippen LogP contribution in [-0.2, 0) is 6.42 Å². The monoisotopic (exact) mass is 242 g/mol. The molecular formula is C13H10N2OS. The van der Waals surface area contributed by atoms with Crippen LogP contribution in [0.4, 0.5) is 0 Å². The minimum Gasteiger partial charge on any atom is -0.342 e. The first-order valence-corrected chi connectivity index (χ1v) is 6.20. The van der Waals surface area contributed by atoms with Gasteiger partial charge in [-0.05, 0) is 22.4 Å². The van der Waals surface area contributed by atoms with Crippen molar-refractivity contribution in [3.05, 3.63) is 53.4 Å². The Kier molecular flexibility index (Phi) is 2.49. The van der Waals surface area contributed by atoms with Crippen molar-refractivity contribution >= 4 is 27.2 Å². The molecule has 84 valence electrons. The molecular weight excluding hydrogens is 232 g/mol. The number of hydrogen-bond acceptors (Lipinski definition) is 3. The molecule has 0 amide bonds. The summed E-state index contributed by atoms with van der Waals surface area (Å²) < 4.78 is 1.22. The van der Waals surface area contributed by atoms with Gasteiger partial charge in [0, 0.05) is 23.5 Å². The zero-order chi connectivity index (χ0) is 11.7. The van der Waals surface area contributed by atoms with E-state index in [9.17, 15) is 4.79 Å². The lowest BCUT2D eigenvalue weighted by Gasteiger charge is -1.97. The second kappa shape index (κ2) is 4.14. The van der Waals surface area contributed by atoms with Gasteiger partial charge in [0.05, 0.1) is 0 Å². The van der Waals surface area contributed by atoms with Crippen molar-refractivity contribution in [1.82, 2.24) is 9.97 Å². The molecule has 0 fully saturated rings. The van der Waals surface area contributed by atoms with Crippen LogP contribution in [0.2, 0.25) is 0 Å². The van der Waals surface area contributed by atoms with E-state index >= 15 is 0 Å². The predicted octanol–water partition coefficient (Wildman–Crippen LogP) is 3.05. The third kappa shape index (κ3) is 1.87. The fourth-order valence-corrected chi connectivity index (χ4v) is 2.81. The van der Waals surface area contributed by atoms with Crippen LogP contribution < -0.4 is 0 Å². The molecule has 17 heavy (non-hydrogen) atoms. The molecule has 3 nitrogen and oxygen atoms in total. The van der Waals surface area contributed by atoms with Gasteiger partial charge in [-0.3, -0.25) is 4.79 Å². The second-order valence-electron chi connectivity index (χ2n) is 3.79. The number of carbonyl (C=O) groups excluding carboxylic acids is 1. The van der Waals surface area contributed by atoms with Crippen molar-refractivity contribution in [1.29, 1.82) is 0 Å². The highest BCUT2D eigenvalue weighted by molar-refractivity contribution is 7.17. The predicted molar refractivity (Wildman–Crippen MR) is 68.4 cm³/mol. The SMILES string of the molecule is O=C(Cc1csc2ccccc12)c1ncc[nH]1. The molecule has 0 radical (unpaired) electrons. The van der Waals surface area contributed by atoms with E-state index in [0.717, 1.165) is 10.9 Å². The summed E-state index contributed by atoms with van der Waals surface area (Å²) in [6.07, 6.45) is 3.66. The van der Waals surface area contributed by atoms with Crippen LogP contribution >= 0.6 is 11.3 Å². The van der Waals surface area contributed by atoms with Gasteiger partial charge < -0.3 is 4.98 Å². The maximum atomic E-state index is 11.9. The number of fused-ring (bicyclic) bond motifs is 1. The molecule has 0 spiro atoms. The number of rotatable bonds is 3. The summed E-state index contributed by atoms with van der Waals surface area (Å²) in [5.41, 5.74) is 1.08. The quantitative estimate of drug-likeness (QED) is 0.717. The summed E-state index contributed by atoms with van der Waals surface area (Å²) in [6.45, 7) is 0. The van der Waals surface area contributed by atoms with Crippen molar-refractivity contribution in [2.75, 3.05) is 0 Å². The van der Waals surface area contributed by atoms with Gasteiger partial charge in [-0.1, -0.05) is 18.2 Å². The van der Waals surface area contributed by atoms with Gasteiger partial charge in [-0.25, -0.2) is 4.98 Å². The van der Waals surface area contributed by atoms with Crippen LogP contribution in [0.5, 0.6) is 0 Å². The number of hydrogen-bond donors (Lipinski definition) is 1. The van der Waals surface area contributed by atoms with E-state index in [4.69, 9.17) is 0 Å². The maximum absolute atomic E-state index is 11.9. The molecule has 0 aliphatic heterocycles. The molecule has 2 heterocycles. The fourth-order valence-electron chi connectivity index (χ4n) is 1.84.